The first kappa shape index (κ1) is 13.6. The minimum absolute atomic E-state index is 0.175. The highest BCUT2D eigenvalue weighted by molar-refractivity contribution is 5.83. The van der Waals surface area contributed by atoms with Crippen molar-refractivity contribution in [3.05, 3.63) is 36.0 Å². The Morgan fingerprint density at radius 2 is 2.21 bits per heavy atom. The molecule has 0 radical (unpaired) electrons. The van der Waals surface area contributed by atoms with Gasteiger partial charge in [0.05, 0.1) is 13.5 Å². The molecule has 0 aliphatic carbocycles. The fourth-order valence-corrected chi connectivity index (χ4v) is 2.21. The Kier molecular flexibility index (Phi) is 4.58. The second kappa shape index (κ2) is 6.38. The smallest absolute Gasteiger partial charge is 0.307 e. The van der Waals surface area contributed by atoms with Crippen molar-refractivity contribution in [2.45, 2.75) is 26.4 Å². The molecule has 1 aromatic carbocycles. The van der Waals surface area contributed by atoms with Gasteiger partial charge in [-0.2, -0.15) is 0 Å². The standard InChI is InChI=1S/C15H20N2O2/c1-3-16-11-12-5-4-6-14-13(12)7-9-17(14)10-8-15(18)19-2/h4-7,9,16H,3,8,10-11H2,1-2H3. The molecule has 0 aliphatic heterocycles. The summed E-state index contributed by atoms with van der Waals surface area (Å²) < 4.78 is 6.77. The van der Waals surface area contributed by atoms with Gasteiger partial charge in [0.25, 0.3) is 0 Å². The van der Waals surface area contributed by atoms with Gasteiger partial charge in [0, 0.05) is 30.2 Å². The number of hydrogen-bond acceptors (Lipinski definition) is 3. The van der Waals surface area contributed by atoms with E-state index in [2.05, 4.69) is 45.8 Å². The van der Waals surface area contributed by atoms with Crippen LogP contribution in [0.4, 0.5) is 0 Å². The van der Waals surface area contributed by atoms with Crippen LogP contribution in [-0.2, 0) is 22.6 Å². The Morgan fingerprint density at radius 3 is 2.95 bits per heavy atom. The van der Waals surface area contributed by atoms with Gasteiger partial charge in [-0.15, -0.1) is 0 Å². The van der Waals surface area contributed by atoms with Crippen LogP contribution in [0.3, 0.4) is 0 Å². The minimum Gasteiger partial charge on any atom is -0.469 e. The van der Waals surface area contributed by atoms with Crippen LogP contribution in [0.15, 0.2) is 30.5 Å². The highest BCUT2D eigenvalue weighted by Crippen LogP contribution is 2.20. The molecule has 0 amide bonds. The lowest BCUT2D eigenvalue weighted by atomic mass is 10.1. The maximum Gasteiger partial charge on any atom is 0.307 e. The van der Waals surface area contributed by atoms with Crippen molar-refractivity contribution in [2.75, 3.05) is 13.7 Å². The summed E-state index contributed by atoms with van der Waals surface area (Å²) in [6.45, 7) is 4.58. The lowest BCUT2D eigenvalue weighted by Crippen LogP contribution is -2.11. The molecular weight excluding hydrogens is 240 g/mol. The number of nitrogens with zero attached hydrogens (tertiary/aromatic N) is 1. The van der Waals surface area contributed by atoms with Gasteiger partial charge < -0.3 is 14.6 Å². The summed E-state index contributed by atoms with van der Waals surface area (Å²) in [6, 6.07) is 8.39. The summed E-state index contributed by atoms with van der Waals surface area (Å²) in [5.41, 5.74) is 2.45. The highest BCUT2D eigenvalue weighted by atomic mass is 16.5. The summed E-state index contributed by atoms with van der Waals surface area (Å²) in [7, 11) is 1.42. The molecule has 19 heavy (non-hydrogen) atoms. The Bertz CT molecular complexity index is 560. The van der Waals surface area contributed by atoms with Crippen LogP contribution in [0, 0.1) is 0 Å². The van der Waals surface area contributed by atoms with E-state index in [9.17, 15) is 4.79 Å². The summed E-state index contributed by atoms with van der Waals surface area (Å²) in [4.78, 5) is 11.2. The van der Waals surface area contributed by atoms with Crippen LogP contribution >= 0.6 is 0 Å². The molecule has 0 aliphatic rings. The van der Waals surface area contributed by atoms with Gasteiger partial charge in [-0.25, -0.2) is 0 Å². The van der Waals surface area contributed by atoms with Crippen molar-refractivity contribution < 1.29 is 9.53 Å². The van der Waals surface area contributed by atoms with E-state index < -0.39 is 0 Å². The van der Waals surface area contributed by atoms with Gasteiger partial charge in [-0.05, 0) is 24.2 Å². The zero-order chi connectivity index (χ0) is 13.7. The van der Waals surface area contributed by atoms with Gasteiger partial charge >= 0.3 is 5.97 Å². The molecule has 0 spiro atoms. The lowest BCUT2D eigenvalue weighted by Gasteiger charge is -2.07. The molecule has 0 saturated carbocycles. The van der Waals surface area contributed by atoms with Crippen molar-refractivity contribution in [1.29, 1.82) is 0 Å². The number of nitrogens with one attached hydrogen (secondary N) is 1. The first-order valence-corrected chi connectivity index (χ1v) is 6.60. The van der Waals surface area contributed by atoms with E-state index in [1.54, 1.807) is 0 Å². The Balaban J connectivity index is 2.20. The number of rotatable bonds is 6. The van der Waals surface area contributed by atoms with Crippen molar-refractivity contribution >= 4 is 16.9 Å². The number of carbonyl (C=O) groups excluding carboxylic acids is 1. The van der Waals surface area contributed by atoms with Crippen LogP contribution in [0.25, 0.3) is 10.9 Å². The number of carbonyl (C=O) groups is 1. The van der Waals surface area contributed by atoms with Crippen LogP contribution in [0.5, 0.6) is 0 Å². The topological polar surface area (TPSA) is 43.3 Å². The second-order valence-electron chi connectivity index (χ2n) is 4.47. The molecule has 1 N–H and O–H groups in total. The van der Waals surface area contributed by atoms with Gasteiger partial charge in [0.15, 0.2) is 0 Å². The summed E-state index contributed by atoms with van der Waals surface area (Å²) in [5.74, 6) is -0.175. The number of aryl methyl sites for hydroxylation is 1. The van der Waals surface area contributed by atoms with E-state index in [1.165, 1.54) is 23.6 Å². The number of ether oxygens (including phenoxy) is 1. The van der Waals surface area contributed by atoms with Crippen LogP contribution in [0.2, 0.25) is 0 Å². The van der Waals surface area contributed by atoms with Gasteiger partial charge in [0.1, 0.15) is 0 Å². The first-order valence-electron chi connectivity index (χ1n) is 6.60. The molecule has 0 bridgehead atoms. The maximum absolute atomic E-state index is 11.2. The Morgan fingerprint density at radius 1 is 1.37 bits per heavy atom. The summed E-state index contributed by atoms with van der Waals surface area (Å²) in [5, 5.41) is 4.59. The molecule has 0 fully saturated rings. The number of benzene rings is 1. The average molecular weight is 260 g/mol. The first-order chi connectivity index (χ1) is 9.26. The van der Waals surface area contributed by atoms with Gasteiger partial charge in [-0.1, -0.05) is 19.1 Å². The normalized spacial score (nSPS) is 10.8. The fraction of sp³-hybridized carbons (Fsp3) is 0.400. The molecule has 4 heteroatoms. The molecule has 1 heterocycles. The largest absolute Gasteiger partial charge is 0.469 e. The summed E-state index contributed by atoms with van der Waals surface area (Å²) >= 11 is 0. The molecule has 0 saturated heterocycles. The van der Waals surface area contributed by atoms with Crippen LogP contribution in [-0.4, -0.2) is 24.2 Å². The molecule has 0 atom stereocenters. The van der Waals surface area contributed by atoms with Gasteiger partial charge in [0.2, 0.25) is 0 Å². The maximum atomic E-state index is 11.2. The third-order valence-corrected chi connectivity index (χ3v) is 3.25. The van der Waals surface area contributed by atoms with E-state index in [-0.39, 0.29) is 5.97 Å². The number of methoxy groups -OCH3 is 1. The molecule has 2 aromatic rings. The van der Waals surface area contributed by atoms with E-state index in [4.69, 9.17) is 0 Å². The molecule has 102 valence electrons. The summed E-state index contributed by atoms with van der Waals surface area (Å²) in [6.07, 6.45) is 2.43. The zero-order valence-electron chi connectivity index (χ0n) is 11.5. The third kappa shape index (κ3) is 3.15. The predicted octanol–water partition coefficient (Wildman–Crippen LogP) is 2.31. The number of esters is 1. The minimum atomic E-state index is -0.175. The quantitative estimate of drug-likeness (QED) is 0.811. The molecule has 2 rings (SSSR count). The SMILES string of the molecule is CCNCc1cccc2c1ccn2CCC(=O)OC. The van der Waals surface area contributed by atoms with Crippen molar-refractivity contribution in [3.8, 4) is 0 Å². The molecular formula is C15H20N2O2. The van der Waals surface area contributed by atoms with E-state index >= 15 is 0 Å². The lowest BCUT2D eigenvalue weighted by molar-refractivity contribution is -0.140. The van der Waals surface area contributed by atoms with E-state index in [0.29, 0.717) is 13.0 Å². The molecule has 1 aromatic heterocycles. The Hall–Kier alpha value is -1.81. The zero-order valence-corrected chi connectivity index (χ0v) is 11.5. The monoisotopic (exact) mass is 260 g/mol. The van der Waals surface area contributed by atoms with Gasteiger partial charge in [-0.3, -0.25) is 4.79 Å². The number of hydrogen-bond donors (Lipinski definition) is 1. The van der Waals surface area contributed by atoms with Crippen molar-refractivity contribution in [3.63, 3.8) is 0 Å². The molecule has 4 nitrogen and oxygen atoms in total. The second-order valence-corrected chi connectivity index (χ2v) is 4.47. The van der Waals surface area contributed by atoms with Crippen molar-refractivity contribution in [2.24, 2.45) is 0 Å². The Labute approximate surface area is 113 Å². The van der Waals surface area contributed by atoms with Crippen LogP contribution < -0.4 is 5.32 Å². The third-order valence-electron chi connectivity index (χ3n) is 3.25. The van der Waals surface area contributed by atoms with Crippen LogP contribution in [0.1, 0.15) is 18.9 Å². The molecule has 0 unspecified atom stereocenters. The van der Waals surface area contributed by atoms with Crippen molar-refractivity contribution in [1.82, 2.24) is 9.88 Å². The highest BCUT2D eigenvalue weighted by Gasteiger charge is 2.07. The number of aromatic nitrogens is 1. The van der Waals surface area contributed by atoms with E-state index in [1.807, 2.05) is 6.20 Å². The number of fused-ring (bicyclic) bond motifs is 1. The van der Waals surface area contributed by atoms with E-state index in [0.717, 1.165) is 13.1 Å². The fourth-order valence-electron chi connectivity index (χ4n) is 2.21. The predicted molar refractivity (Wildman–Crippen MR) is 76.0 cm³/mol. The average Bonchev–Trinajstić information content (AvgIpc) is 2.86.